The molecule has 3 N–H and O–H groups in total. The minimum Gasteiger partial charge on any atom is -0.497 e. The van der Waals surface area contributed by atoms with Gasteiger partial charge in [-0.15, -0.1) is 0 Å². The number of anilines is 2. The number of nitrogens with zero attached hydrogens (tertiary/aromatic N) is 3. The average molecular weight is 566 g/mol. The fourth-order valence-electron chi connectivity index (χ4n) is 4.87. The summed E-state index contributed by atoms with van der Waals surface area (Å²) in [4.78, 5) is 30.3. The molecule has 3 atom stereocenters. The summed E-state index contributed by atoms with van der Waals surface area (Å²) in [7, 11) is 3.68. The van der Waals surface area contributed by atoms with Crippen LogP contribution in [0, 0.1) is 19.8 Å². The normalized spacial score (nSPS) is 17.8. The van der Waals surface area contributed by atoms with Crippen molar-refractivity contribution in [1.29, 1.82) is 0 Å². The maximum absolute atomic E-state index is 13.7. The Morgan fingerprint density at radius 2 is 1.95 bits per heavy atom. The van der Waals surface area contributed by atoms with E-state index >= 15 is 0 Å². The Hall–Kier alpha value is -4.09. The van der Waals surface area contributed by atoms with Gasteiger partial charge < -0.3 is 34.6 Å². The number of aromatic nitrogens is 1. The number of aliphatic hydroxyl groups is 1. The number of amides is 3. The van der Waals surface area contributed by atoms with E-state index in [0.29, 0.717) is 53.8 Å². The van der Waals surface area contributed by atoms with Gasteiger partial charge in [-0.05, 0) is 63.7 Å². The first-order valence-electron chi connectivity index (χ1n) is 13.6. The van der Waals surface area contributed by atoms with Crippen molar-refractivity contribution in [1.82, 2.24) is 15.0 Å². The zero-order valence-electron chi connectivity index (χ0n) is 24.4. The monoisotopic (exact) mass is 565 g/mol. The second kappa shape index (κ2) is 13.0. The van der Waals surface area contributed by atoms with Crippen LogP contribution in [-0.2, 0) is 6.54 Å². The lowest BCUT2D eigenvalue weighted by Gasteiger charge is -2.38. The first kappa shape index (κ1) is 29.9. The van der Waals surface area contributed by atoms with Crippen LogP contribution < -0.4 is 20.1 Å². The van der Waals surface area contributed by atoms with Crippen molar-refractivity contribution in [3.63, 3.8) is 0 Å². The molecular weight excluding hydrogens is 526 g/mol. The molecule has 1 aromatic heterocycles. The molecule has 1 aliphatic heterocycles. The van der Waals surface area contributed by atoms with Crippen molar-refractivity contribution in [2.24, 2.45) is 5.92 Å². The van der Waals surface area contributed by atoms with Gasteiger partial charge >= 0.3 is 6.03 Å². The molecule has 4 rings (SSSR count). The zero-order chi connectivity index (χ0) is 29.7. The quantitative estimate of drug-likeness (QED) is 0.350. The van der Waals surface area contributed by atoms with Gasteiger partial charge in [-0.3, -0.25) is 9.69 Å². The van der Waals surface area contributed by atoms with E-state index < -0.39 is 12.1 Å². The summed E-state index contributed by atoms with van der Waals surface area (Å²) >= 11 is 0. The third kappa shape index (κ3) is 7.17. The molecule has 0 spiro atoms. The van der Waals surface area contributed by atoms with Crippen molar-refractivity contribution in [2.75, 3.05) is 44.5 Å². The number of fused-ring (bicyclic) bond motifs is 1. The standard InChI is InChI=1S/C30H39N5O6/c1-18-14-35(19(2)17-36)29(37)25-13-23(31-30(38)32-28-20(3)33-41-21(28)4)9-12-26(25)40-27(18)16-34(5)15-22-7-10-24(39-6)11-8-22/h7-13,18-19,27,36H,14-17H2,1-6H3,(H2,31,32,38)/t18-,19+,27+/m1/s1. The largest absolute Gasteiger partial charge is 0.497 e. The number of aryl methyl sites for hydroxylation is 2. The van der Waals surface area contributed by atoms with Crippen LogP contribution in [-0.4, -0.2) is 78.0 Å². The second-order valence-electron chi connectivity index (χ2n) is 10.7. The first-order chi connectivity index (χ1) is 19.6. The van der Waals surface area contributed by atoms with Crippen LogP contribution in [0.25, 0.3) is 0 Å². The number of benzene rings is 2. The highest BCUT2D eigenvalue weighted by Gasteiger charge is 2.33. The predicted octanol–water partition coefficient (Wildman–Crippen LogP) is 4.30. The summed E-state index contributed by atoms with van der Waals surface area (Å²) in [5.74, 6) is 1.44. The maximum Gasteiger partial charge on any atom is 0.323 e. The number of carbonyl (C=O) groups excluding carboxylic acids is 2. The Morgan fingerprint density at radius 3 is 2.59 bits per heavy atom. The second-order valence-corrected chi connectivity index (χ2v) is 10.7. The van der Waals surface area contributed by atoms with Crippen molar-refractivity contribution in [2.45, 2.75) is 46.4 Å². The van der Waals surface area contributed by atoms with Gasteiger partial charge in [0.05, 0.1) is 25.3 Å². The Morgan fingerprint density at radius 1 is 1.22 bits per heavy atom. The number of ether oxygens (including phenoxy) is 2. The van der Waals surface area contributed by atoms with E-state index in [9.17, 15) is 14.7 Å². The fraction of sp³-hybridized carbons (Fsp3) is 0.433. The summed E-state index contributed by atoms with van der Waals surface area (Å²) in [6.07, 6.45) is -0.236. The van der Waals surface area contributed by atoms with E-state index in [1.807, 2.05) is 38.2 Å². The molecule has 3 amide bonds. The first-order valence-corrected chi connectivity index (χ1v) is 13.6. The van der Waals surface area contributed by atoms with E-state index in [-0.39, 0.29) is 24.5 Å². The van der Waals surface area contributed by atoms with Crippen LogP contribution in [0.15, 0.2) is 47.0 Å². The van der Waals surface area contributed by atoms with E-state index in [1.54, 1.807) is 44.1 Å². The molecular formula is C30H39N5O6. The molecule has 1 aliphatic rings. The molecule has 0 bridgehead atoms. The molecule has 11 heteroatoms. The molecule has 0 aliphatic carbocycles. The Labute approximate surface area is 240 Å². The highest BCUT2D eigenvalue weighted by molar-refractivity contribution is 6.03. The van der Waals surface area contributed by atoms with Gasteiger partial charge in [0.25, 0.3) is 5.91 Å². The molecule has 41 heavy (non-hydrogen) atoms. The van der Waals surface area contributed by atoms with E-state index in [0.717, 1.165) is 11.3 Å². The number of urea groups is 1. The number of hydrogen-bond acceptors (Lipinski definition) is 8. The Bertz CT molecular complexity index is 1340. The molecule has 0 radical (unpaired) electrons. The minimum absolute atomic E-state index is 0.0157. The van der Waals surface area contributed by atoms with E-state index in [2.05, 4.69) is 27.6 Å². The van der Waals surface area contributed by atoms with E-state index in [4.69, 9.17) is 14.0 Å². The van der Waals surface area contributed by atoms with Crippen LogP contribution in [0.4, 0.5) is 16.2 Å². The topological polar surface area (TPSA) is 129 Å². The summed E-state index contributed by atoms with van der Waals surface area (Å²) in [6.45, 7) is 8.87. The Kier molecular flexibility index (Phi) is 9.51. The molecule has 0 fully saturated rings. The van der Waals surface area contributed by atoms with Gasteiger partial charge in [0, 0.05) is 31.2 Å². The predicted molar refractivity (Wildman–Crippen MR) is 156 cm³/mol. The molecule has 0 saturated carbocycles. The lowest BCUT2D eigenvalue weighted by Crippen LogP contribution is -2.49. The number of hydrogen-bond donors (Lipinski definition) is 3. The van der Waals surface area contributed by atoms with Crippen LogP contribution >= 0.6 is 0 Å². The van der Waals surface area contributed by atoms with Gasteiger partial charge in [-0.25, -0.2) is 4.79 Å². The number of nitrogens with one attached hydrogen (secondary N) is 2. The van der Waals surface area contributed by atoms with Crippen molar-refractivity contribution in [3.05, 3.63) is 65.0 Å². The van der Waals surface area contributed by atoms with Gasteiger partial charge in [-0.1, -0.05) is 24.2 Å². The smallest absolute Gasteiger partial charge is 0.323 e. The van der Waals surface area contributed by atoms with Gasteiger partial charge in [0.2, 0.25) is 0 Å². The lowest BCUT2D eigenvalue weighted by atomic mass is 9.99. The molecule has 11 nitrogen and oxygen atoms in total. The number of likely N-dealkylation sites (N-methyl/N-ethyl adjacent to an activating group) is 1. The number of methoxy groups -OCH3 is 1. The summed E-state index contributed by atoms with van der Waals surface area (Å²) in [6, 6.07) is 12.1. The fourth-order valence-corrected chi connectivity index (χ4v) is 4.87. The maximum atomic E-state index is 13.7. The third-order valence-corrected chi connectivity index (χ3v) is 7.30. The third-order valence-electron chi connectivity index (χ3n) is 7.30. The minimum atomic E-state index is -0.495. The molecule has 0 unspecified atom stereocenters. The summed E-state index contributed by atoms with van der Waals surface area (Å²) in [5, 5.41) is 19.3. The highest BCUT2D eigenvalue weighted by Crippen LogP contribution is 2.31. The van der Waals surface area contributed by atoms with Crippen LogP contribution in [0.5, 0.6) is 11.5 Å². The summed E-state index contributed by atoms with van der Waals surface area (Å²) in [5.41, 5.74) is 2.93. The highest BCUT2D eigenvalue weighted by atomic mass is 16.5. The number of carbonyl (C=O) groups is 2. The molecule has 2 heterocycles. The molecule has 220 valence electrons. The van der Waals surface area contributed by atoms with Gasteiger partial charge in [-0.2, -0.15) is 0 Å². The number of rotatable bonds is 9. The Balaban J connectivity index is 1.55. The SMILES string of the molecule is COc1ccc(CN(C)C[C@@H]2Oc3ccc(NC(=O)Nc4c(C)noc4C)cc3C(=O)N([C@@H](C)CO)C[C@H]2C)cc1. The van der Waals surface area contributed by atoms with Crippen LogP contribution in [0.1, 0.15) is 41.2 Å². The average Bonchev–Trinajstić information content (AvgIpc) is 3.27. The van der Waals surface area contributed by atoms with Crippen molar-refractivity contribution < 1.29 is 28.7 Å². The zero-order valence-corrected chi connectivity index (χ0v) is 24.4. The van der Waals surface area contributed by atoms with Crippen LogP contribution in [0.2, 0.25) is 0 Å². The summed E-state index contributed by atoms with van der Waals surface area (Å²) < 4.78 is 16.8. The molecule has 3 aromatic rings. The van der Waals surface area contributed by atoms with E-state index in [1.165, 1.54) is 0 Å². The van der Waals surface area contributed by atoms with Crippen molar-refractivity contribution in [3.8, 4) is 11.5 Å². The lowest BCUT2D eigenvalue weighted by molar-refractivity contribution is 0.0341. The van der Waals surface area contributed by atoms with Crippen LogP contribution in [0.3, 0.4) is 0 Å². The molecule has 0 saturated heterocycles. The van der Waals surface area contributed by atoms with Gasteiger partial charge in [0.1, 0.15) is 29.0 Å². The van der Waals surface area contributed by atoms with Gasteiger partial charge in [0.15, 0.2) is 5.76 Å². The number of aliphatic hydroxyl groups excluding tert-OH is 1. The van der Waals surface area contributed by atoms with Crippen molar-refractivity contribution >= 4 is 23.3 Å². The molecule has 2 aromatic carbocycles.